The number of hydrogen-bond acceptors (Lipinski definition) is 4. The van der Waals surface area contributed by atoms with Crippen LogP contribution in [0.15, 0.2) is 42.7 Å². The average molecular weight is 259 g/mol. The Kier molecular flexibility index (Phi) is 4.36. The molecule has 0 amide bonds. The summed E-state index contributed by atoms with van der Waals surface area (Å²) in [5.74, 6) is 1.33. The van der Waals surface area contributed by atoms with Crippen LogP contribution in [0, 0.1) is 0 Å². The second-order valence-electron chi connectivity index (χ2n) is 4.22. The summed E-state index contributed by atoms with van der Waals surface area (Å²) in [6, 6.07) is 9.18. The predicted octanol–water partition coefficient (Wildman–Crippen LogP) is 2.72. The first-order chi connectivity index (χ1) is 9.20. The van der Waals surface area contributed by atoms with Crippen LogP contribution in [0.1, 0.15) is 24.2 Å². The van der Waals surface area contributed by atoms with E-state index in [4.69, 9.17) is 9.47 Å². The lowest BCUT2D eigenvalue weighted by Crippen LogP contribution is -2.01. The van der Waals surface area contributed by atoms with Crippen molar-refractivity contribution in [2.45, 2.75) is 19.6 Å². The molecule has 0 fully saturated rings. The Labute approximate surface area is 112 Å². The number of aliphatic hydroxyl groups excluding tert-OH is 1. The fourth-order valence-electron chi connectivity index (χ4n) is 1.75. The highest BCUT2D eigenvalue weighted by atomic mass is 16.5. The van der Waals surface area contributed by atoms with Crippen LogP contribution in [0.4, 0.5) is 0 Å². The van der Waals surface area contributed by atoms with Gasteiger partial charge in [-0.1, -0.05) is 0 Å². The lowest BCUT2D eigenvalue weighted by molar-refractivity contribution is 0.190. The van der Waals surface area contributed by atoms with Crippen molar-refractivity contribution < 1.29 is 14.6 Å². The first-order valence-corrected chi connectivity index (χ1v) is 6.08. The Bertz CT molecular complexity index is 526. The number of pyridine rings is 1. The zero-order chi connectivity index (χ0) is 13.7. The molecule has 2 rings (SSSR count). The monoisotopic (exact) mass is 259 g/mol. The van der Waals surface area contributed by atoms with Gasteiger partial charge in [0.15, 0.2) is 0 Å². The summed E-state index contributed by atoms with van der Waals surface area (Å²) in [5.41, 5.74) is 1.77. The minimum absolute atomic E-state index is 0.426. The molecule has 100 valence electrons. The number of hydrogen-bond donors (Lipinski definition) is 1. The van der Waals surface area contributed by atoms with Crippen LogP contribution in [-0.4, -0.2) is 17.2 Å². The zero-order valence-corrected chi connectivity index (χ0v) is 11.0. The second-order valence-corrected chi connectivity index (χ2v) is 4.22. The first-order valence-electron chi connectivity index (χ1n) is 6.08. The molecule has 0 bridgehead atoms. The molecule has 19 heavy (non-hydrogen) atoms. The van der Waals surface area contributed by atoms with Crippen molar-refractivity contribution >= 4 is 0 Å². The van der Waals surface area contributed by atoms with E-state index in [0.29, 0.717) is 18.1 Å². The molecule has 1 heterocycles. The highest BCUT2D eigenvalue weighted by Crippen LogP contribution is 2.30. The van der Waals surface area contributed by atoms with Crippen LogP contribution in [0.5, 0.6) is 11.5 Å². The molecule has 1 N–H and O–H groups in total. The first kappa shape index (κ1) is 13.4. The molecule has 0 saturated carbocycles. The van der Waals surface area contributed by atoms with Crippen LogP contribution in [0.3, 0.4) is 0 Å². The van der Waals surface area contributed by atoms with Crippen molar-refractivity contribution in [1.82, 2.24) is 4.98 Å². The molecular formula is C15H17NO3. The number of aromatic nitrogens is 1. The summed E-state index contributed by atoms with van der Waals surface area (Å²) in [4.78, 5) is 3.96. The maximum Gasteiger partial charge on any atom is 0.129 e. The van der Waals surface area contributed by atoms with Gasteiger partial charge in [-0.2, -0.15) is 0 Å². The molecule has 1 atom stereocenters. The van der Waals surface area contributed by atoms with E-state index < -0.39 is 6.10 Å². The zero-order valence-electron chi connectivity index (χ0n) is 11.0. The van der Waals surface area contributed by atoms with Crippen molar-refractivity contribution in [2.24, 2.45) is 0 Å². The fraction of sp³-hybridized carbons (Fsp3) is 0.267. The number of benzene rings is 1. The third kappa shape index (κ3) is 3.45. The van der Waals surface area contributed by atoms with Crippen molar-refractivity contribution in [2.75, 3.05) is 7.11 Å². The lowest BCUT2D eigenvalue weighted by atomic mass is 10.1. The molecule has 0 aliphatic rings. The SMILES string of the molecule is COc1ccc(C(C)O)c(OCc2ccncc2)c1. The molecule has 0 radical (unpaired) electrons. The van der Waals surface area contributed by atoms with E-state index in [1.54, 1.807) is 38.6 Å². The summed E-state index contributed by atoms with van der Waals surface area (Å²) >= 11 is 0. The summed E-state index contributed by atoms with van der Waals surface area (Å²) in [6.45, 7) is 2.14. The molecular weight excluding hydrogens is 242 g/mol. The minimum atomic E-state index is -0.585. The van der Waals surface area contributed by atoms with E-state index >= 15 is 0 Å². The summed E-state index contributed by atoms with van der Waals surface area (Å²) in [7, 11) is 1.60. The van der Waals surface area contributed by atoms with Gasteiger partial charge in [0, 0.05) is 24.0 Å². The van der Waals surface area contributed by atoms with Crippen molar-refractivity contribution in [3.63, 3.8) is 0 Å². The summed E-state index contributed by atoms with van der Waals surface area (Å²) < 4.78 is 10.9. The van der Waals surface area contributed by atoms with Gasteiger partial charge < -0.3 is 14.6 Å². The molecule has 1 aromatic carbocycles. The maximum atomic E-state index is 9.73. The minimum Gasteiger partial charge on any atom is -0.497 e. The Morgan fingerprint density at radius 1 is 1.21 bits per heavy atom. The second kappa shape index (κ2) is 6.20. The highest BCUT2D eigenvalue weighted by Gasteiger charge is 2.10. The largest absolute Gasteiger partial charge is 0.497 e. The van der Waals surface area contributed by atoms with E-state index in [2.05, 4.69) is 4.98 Å². The molecule has 0 spiro atoms. The van der Waals surface area contributed by atoms with Crippen LogP contribution in [-0.2, 0) is 6.61 Å². The van der Waals surface area contributed by atoms with Gasteiger partial charge in [-0.15, -0.1) is 0 Å². The molecule has 0 saturated heterocycles. The average Bonchev–Trinajstić information content (AvgIpc) is 2.45. The van der Waals surface area contributed by atoms with E-state index in [1.165, 1.54) is 0 Å². The molecule has 0 aliphatic carbocycles. The van der Waals surface area contributed by atoms with Gasteiger partial charge >= 0.3 is 0 Å². The van der Waals surface area contributed by atoms with E-state index in [0.717, 1.165) is 11.1 Å². The number of methoxy groups -OCH3 is 1. The summed E-state index contributed by atoms with van der Waals surface area (Å²) in [5, 5.41) is 9.73. The van der Waals surface area contributed by atoms with Crippen molar-refractivity contribution in [3.05, 3.63) is 53.9 Å². The molecule has 4 nitrogen and oxygen atoms in total. The molecule has 1 aromatic heterocycles. The van der Waals surface area contributed by atoms with Crippen LogP contribution in [0.25, 0.3) is 0 Å². The lowest BCUT2D eigenvalue weighted by Gasteiger charge is -2.14. The van der Waals surface area contributed by atoms with Gasteiger partial charge in [-0.25, -0.2) is 0 Å². The number of nitrogens with zero attached hydrogens (tertiary/aromatic N) is 1. The van der Waals surface area contributed by atoms with Gasteiger partial charge in [0.1, 0.15) is 18.1 Å². The van der Waals surface area contributed by atoms with Crippen molar-refractivity contribution in [3.8, 4) is 11.5 Å². The third-order valence-electron chi connectivity index (χ3n) is 2.81. The fourth-order valence-corrected chi connectivity index (χ4v) is 1.75. The predicted molar refractivity (Wildman–Crippen MR) is 72.2 cm³/mol. The van der Waals surface area contributed by atoms with Gasteiger partial charge in [-0.05, 0) is 36.8 Å². The topological polar surface area (TPSA) is 51.6 Å². The van der Waals surface area contributed by atoms with Crippen LogP contribution < -0.4 is 9.47 Å². The Morgan fingerprint density at radius 2 is 1.95 bits per heavy atom. The molecule has 0 aliphatic heterocycles. The summed E-state index contributed by atoms with van der Waals surface area (Å²) in [6.07, 6.45) is 2.86. The van der Waals surface area contributed by atoms with Gasteiger partial charge in [0.2, 0.25) is 0 Å². The van der Waals surface area contributed by atoms with Gasteiger partial charge in [0.25, 0.3) is 0 Å². The van der Waals surface area contributed by atoms with Crippen molar-refractivity contribution in [1.29, 1.82) is 0 Å². The van der Waals surface area contributed by atoms with E-state index in [1.807, 2.05) is 18.2 Å². The van der Waals surface area contributed by atoms with Crippen LogP contribution >= 0.6 is 0 Å². The number of rotatable bonds is 5. The Morgan fingerprint density at radius 3 is 2.58 bits per heavy atom. The number of ether oxygens (including phenoxy) is 2. The molecule has 1 unspecified atom stereocenters. The van der Waals surface area contributed by atoms with Gasteiger partial charge in [0.05, 0.1) is 13.2 Å². The van der Waals surface area contributed by atoms with E-state index in [-0.39, 0.29) is 0 Å². The quantitative estimate of drug-likeness (QED) is 0.897. The van der Waals surface area contributed by atoms with E-state index in [9.17, 15) is 5.11 Å². The van der Waals surface area contributed by atoms with Crippen LogP contribution in [0.2, 0.25) is 0 Å². The van der Waals surface area contributed by atoms with Gasteiger partial charge in [-0.3, -0.25) is 4.98 Å². The smallest absolute Gasteiger partial charge is 0.129 e. The maximum absolute atomic E-state index is 9.73. The normalized spacial score (nSPS) is 11.9. The standard InChI is InChI=1S/C15H17NO3/c1-11(17)14-4-3-13(18-2)9-15(14)19-10-12-5-7-16-8-6-12/h3-9,11,17H,10H2,1-2H3. The third-order valence-corrected chi connectivity index (χ3v) is 2.81. The Balaban J connectivity index is 2.18. The number of aliphatic hydroxyl groups is 1. The highest BCUT2D eigenvalue weighted by molar-refractivity contribution is 5.41. The Hall–Kier alpha value is -2.07. The molecule has 4 heteroatoms. The molecule has 2 aromatic rings.